The second kappa shape index (κ2) is 11.7. The summed E-state index contributed by atoms with van der Waals surface area (Å²) in [5.74, 6) is 1.04. The van der Waals surface area contributed by atoms with E-state index in [0.29, 0.717) is 25.4 Å². The van der Waals surface area contributed by atoms with Crippen LogP contribution in [0, 0.1) is 0 Å². The second-order valence-electron chi connectivity index (χ2n) is 7.52. The van der Waals surface area contributed by atoms with Gasteiger partial charge in [0.2, 0.25) is 5.91 Å². The van der Waals surface area contributed by atoms with Crippen LogP contribution < -0.4 is 5.32 Å². The molecule has 32 heavy (non-hydrogen) atoms. The number of aryl methyl sites for hydroxylation is 1. The first-order chi connectivity index (χ1) is 15.6. The molecule has 0 saturated carbocycles. The molecule has 0 saturated heterocycles. The van der Waals surface area contributed by atoms with Crippen LogP contribution in [0.15, 0.2) is 72.4 Å². The van der Waals surface area contributed by atoms with Crippen LogP contribution in [0.25, 0.3) is 11.0 Å². The molecule has 2 aromatic heterocycles. The molecule has 1 aromatic carbocycles. The van der Waals surface area contributed by atoms with E-state index < -0.39 is 0 Å². The molecule has 3 aromatic rings. The highest BCUT2D eigenvalue weighted by Gasteiger charge is 2.17. The third-order valence-electron chi connectivity index (χ3n) is 5.19. The standard InChI is InChI=1S/C25H30N4O3/c1-3-16-28(17-4-2)24(30)19-29-21-12-8-7-11-20(21)27-23(29)14-6-5-9-15-26-25(31)22-13-10-18-32-22/h3-4,7-8,10-13,18H,1-2,5-6,9,14-17,19H2,(H,26,31). The summed E-state index contributed by atoms with van der Waals surface area (Å²) in [5, 5.41) is 2.86. The van der Waals surface area contributed by atoms with Gasteiger partial charge in [0.05, 0.1) is 17.3 Å². The van der Waals surface area contributed by atoms with Gasteiger partial charge in [0.1, 0.15) is 12.4 Å². The fraction of sp³-hybridized carbons (Fsp3) is 0.320. The number of para-hydroxylation sites is 2. The molecule has 0 unspecified atom stereocenters. The molecule has 0 aliphatic rings. The fourth-order valence-corrected chi connectivity index (χ4v) is 3.60. The summed E-state index contributed by atoms with van der Waals surface area (Å²) in [4.78, 5) is 31.3. The zero-order chi connectivity index (χ0) is 22.8. The van der Waals surface area contributed by atoms with E-state index in [4.69, 9.17) is 9.40 Å². The number of carbonyl (C=O) groups is 2. The van der Waals surface area contributed by atoms with Crippen LogP contribution in [0.1, 0.15) is 35.6 Å². The van der Waals surface area contributed by atoms with E-state index in [-0.39, 0.29) is 18.4 Å². The Balaban J connectivity index is 1.57. The molecule has 168 valence electrons. The van der Waals surface area contributed by atoms with Crippen LogP contribution in [0.3, 0.4) is 0 Å². The summed E-state index contributed by atoms with van der Waals surface area (Å²) in [7, 11) is 0. The predicted molar refractivity (Wildman–Crippen MR) is 125 cm³/mol. The van der Waals surface area contributed by atoms with Crippen LogP contribution in [0.4, 0.5) is 0 Å². The number of benzene rings is 1. The van der Waals surface area contributed by atoms with E-state index in [1.807, 2.05) is 28.8 Å². The lowest BCUT2D eigenvalue weighted by Crippen LogP contribution is -2.34. The second-order valence-corrected chi connectivity index (χ2v) is 7.52. The van der Waals surface area contributed by atoms with Gasteiger partial charge >= 0.3 is 0 Å². The Bertz CT molecular complexity index is 1040. The number of carbonyl (C=O) groups excluding carboxylic acids is 2. The summed E-state index contributed by atoms with van der Waals surface area (Å²) in [6.45, 7) is 9.27. The Labute approximate surface area is 188 Å². The lowest BCUT2D eigenvalue weighted by molar-refractivity contribution is -0.130. The van der Waals surface area contributed by atoms with Gasteiger partial charge in [0.15, 0.2) is 5.76 Å². The summed E-state index contributed by atoms with van der Waals surface area (Å²) in [6.07, 6.45) is 8.40. The van der Waals surface area contributed by atoms with Crippen molar-refractivity contribution in [3.63, 3.8) is 0 Å². The average Bonchev–Trinajstić information content (AvgIpc) is 3.45. The van der Waals surface area contributed by atoms with Gasteiger partial charge in [0.25, 0.3) is 5.91 Å². The first-order valence-electron chi connectivity index (χ1n) is 10.9. The maximum absolute atomic E-state index is 12.9. The smallest absolute Gasteiger partial charge is 0.286 e. The van der Waals surface area contributed by atoms with Crippen molar-refractivity contribution in [3.8, 4) is 0 Å². The topological polar surface area (TPSA) is 80.4 Å². The van der Waals surface area contributed by atoms with Crippen molar-refractivity contribution in [2.75, 3.05) is 19.6 Å². The highest BCUT2D eigenvalue weighted by atomic mass is 16.3. The van der Waals surface area contributed by atoms with E-state index in [2.05, 4.69) is 18.5 Å². The molecule has 0 bridgehead atoms. The van der Waals surface area contributed by atoms with Crippen molar-refractivity contribution in [3.05, 3.63) is 79.6 Å². The van der Waals surface area contributed by atoms with Crippen LogP contribution >= 0.6 is 0 Å². The maximum Gasteiger partial charge on any atom is 0.286 e. The molecule has 0 spiro atoms. The first kappa shape index (κ1) is 23.1. The number of fused-ring (bicyclic) bond motifs is 1. The van der Waals surface area contributed by atoms with Gasteiger partial charge in [0, 0.05) is 26.1 Å². The van der Waals surface area contributed by atoms with Gasteiger partial charge < -0.3 is 19.2 Å². The van der Waals surface area contributed by atoms with Crippen LogP contribution in [0.2, 0.25) is 0 Å². The van der Waals surface area contributed by atoms with Crippen LogP contribution in [-0.2, 0) is 17.8 Å². The van der Waals surface area contributed by atoms with Crippen molar-refractivity contribution < 1.29 is 14.0 Å². The lowest BCUT2D eigenvalue weighted by atomic mass is 10.2. The molecule has 0 fully saturated rings. The molecule has 2 amide bonds. The summed E-state index contributed by atoms with van der Waals surface area (Å²) < 4.78 is 7.10. The highest BCUT2D eigenvalue weighted by molar-refractivity contribution is 5.91. The largest absolute Gasteiger partial charge is 0.459 e. The number of aromatic nitrogens is 2. The molecule has 0 aliphatic heterocycles. The molecular formula is C25H30N4O3. The Morgan fingerprint density at radius 3 is 2.56 bits per heavy atom. The van der Waals surface area contributed by atoms with Crippen molar-refractivity contribution >= 4 is 22.8 Å². The molecule has 7 heteroatoms. The van der Waals surface area contributed by atoms with E-state index in [1.54, 1.807) is 29.2 Å². The average molecular weight is 435 g/mol. The van der Waals surface area contributed by atoms with Crippen molar-refractivity contribution in [2.45, 2.75) is 32.2 Å². The Morgan fingerprint density at radius 2 is 1.84 bits per heavy atom. The minimum atomic E-state index is -0.195. The fourth-order valence-electron chi connectivity index (χ4n) is 3.60. The molecule has 3 rings (SSSR count). The van der Waals surface area contributed by atoms with Crippen LogP contribution in [-0.4, -0.2) is 45.9 Å². The highest BCUT2D eigenvalue weighted by Crippen LogP contribution is 2.18. The normalized spacial score (nSPS) is 10.8. The summed E-state index contributed by atoms with van der Waals surface area (Å²) in [6, 6.07) is 11.2. The number of hydrogen-bond donors (Lipinski definition) is 1. The number of nitrogens with zero attached hydrogens (tertiary/aromatic N) is 3. The van der Waals surface area contributed by atoms with Crippen molar-refractivity contribution in [1.29, 1.82) is 0 Å². The van der Waals surface area contributed by atoms with Gasteiger partial charge in [-0.2, -0.15) is 0 Å². The molecule has 7 nitrogen and oxygen atoms in total. The summed E-state index contributed by atoms with van der Waals surface area (Å²) in [5.41, 5.74) is 1.85. The molecule has 2 heterocycles. The van der Waals surface area contributed by atoms with Gasteiger partial charge in [-0.15, -0.1) is 13.2 Å². The Morgan fingerprint density at radius 1 is 1.06 bits per heavy atom. The number of amides is 2. The predicted octanol–water partition coefficient (Wildman–Crippen LogP) is 3.97. The van der Waals surface area contributed by atoms with Gasteiger partial charge in [-0.05, 0) is 37.1 Å². The Hall–Kier alpha value is -3.61. The van der Waals surface area contributed by atoms with Crippen molar-refractivity contribution in [1.82, 2.24) is 19.8 Å². The lowest BCUT2D eigenvalue weighted by Gasteiger charge is -2.20. The number of imidazole rings is 1. The molecule has 0 radical (unpaired) electrons. The molecule has 0 aliphatic carbocycles. The van der Waals surface area contributed by atoms with E-state index in [9.17, 15) is 9.59 Å². The minimum absolute atomic E-state index is 0.00911. The SMILES string of the molecule is C=CCN(CC=C)C(=O)Cn1c(CCCCCNC(=O)c2ccco2)nc2ccccc21. The quantitative estimate of drug-likeness (QED) is 0.326. The first-order valence-corrected chi connectivity index (χ1v) is 10.9. The Kier molecular flexibility index (Phi) is 8.43. The van der Waals surface area contributed by atoms with E-state index >= 15 is 0 Å². The number of nitrogens with one attached hydrogen (secondary N) is 1. The zero-order valence-electron chi connectivity index (χ0n) is 18.3. The minimum Gasteiger partial charge on any atom is -0.459 e. The van der Waals surface area contributed by atoms with Gasteiger partial charge in [-0.1, -0.05) is 30.7 Å². The maximum atomic E-state index is 12.9. The van der Waals surface area contributed by atoms with Gasteiger partial charge in [-0.25, -0.2) is 4.98 Å². The number of rotatable bonds is 13. The zero-order valence-corrected chi connectivity index (χ0v) is 18.3. The number of furan rings is 1. The van der Waals surface area contributed by atoms with E-state index in [0.717, 1.165) is 42.5 Å². The third-order valence-corrected chi connectivity index (χ3v) is 5.19. The molecular weight excluding hydrogens is 404 g/mol. The number of unbranched alkanes of at least 4 members (excludes halogenated alkanes) is 2. The molecule has 0 atom stereocenters. The number of hydrogen-bond acceptors (Lipinski definition) is 4. The third kappa shape index (κ3) is 5.97. The molecule has 1 N–H and O–H groups in total. The van der Waals surface area contributed by atoms with Crippen molar-refractivity contribution in [2.24, 2.45) is 0 Å². The van der Waals surface area contributed by atoms with E-state index in [1.165, 1.54) is 6.26 Å². The van der Waals surface area contributed by atoms with Gasteiger partial charge in [-0.3, -0.25) is 9.59 Å². The van der Waals surface area contributed by atoms with Crippen LogP contribution in [0.5, 0.6) is 0 Å². The summed E-state index contributed by atoms with van der Waals surface area (Å²) >= 11 is 0. The monoisotopic (exact) mass is 434 g/mol.